The SMILES string of the molecule is CC(C)(C)C(O)C(O)Cc1cc(Cl)ccc1F. The number of aliphatic hydroxyl groups excluding tert-OH is 2. The Hall–Kier alpha value is -0.640. The van der Waals surface area contributed by atoms with Gasteiger partial charge in [-0.25, -0.2) is 4.39 Å². The van der Waals surface area contributed by atoms with Crippen molar-refractivity contribution in [1.82, 2.24) is 0 Å². The molecule has 4 heteroatoms. The lowest BCUT2D eigenvalue weighted by Gasteiger charge is -2.30. The average molecular weight is 261 g/mol. The molecule has 17 heavy (non-hydrogen) atoms. The van der Waals surface area contributed by atoms with E-state index in [0.29, 0.717) is 10.6 Å². The van der Waals surface area contributed by atoms with Crippen LogP contribution in [0.3, 0.4) is 0 Å². The lowest BCUT2D eigenvalue weighted by atomic mass is 9.84. The molecule has 0 spiro atoms. The number of hydrogen-bond donors (Lipinski definition) is 2. The van der Waals surface area contributed by atoms with Crippen molar-refractivity contribution in [1.29, 1.82) is 0 Å². The van der Waals surface area contributed by atoms with Crippen LogP contribution in [0, 0.1) is 11.2 Å². The van der Waals surface area contributed by atoms with Crippen LogP contribution < -0.4 is 0 Å². The molecule has 0 amide bonds. The molecule has 2 unspecified atom stereocenters. The van der Waals surface area contributed by atoms with Crippen LogP contribution in [0.1, 0.15) is 26.3 Å². The largest absolute Gasteiger partial charge is 0.390 e. The van der Waals surface area contributed by atoms with Crippen molar-refractivity contribution in [3.05, 3.63) is 34.6 Å². The van der Waals surface area contributed by atoms with Crippen LogP contribution in [-0.4, -0.2) is 22.4 Å². The minimum absolute atomic E-state index is 0.0465. The molecule has 0 radical (unpaired) electrons. The van der Waals surface area contributed by atoms with Gasteiger partial charge >= 0.3 is 0 Å². The molecule has 1 rings (SSSR count). The predicted molar refractivity (Wildman–Crippen MR) is 66.6 cm³/mol. The van der Waals surface area contributed by atoms with Crippen molar-refractivity contribution in [2.75, 3.05) is 0 Å². The number of aliphatic hydroxyl groups is 2. The van der Waals surface area contributed by atoms with Crippen LogP contribution in [0.25, 0.3) is 0 Å². The van der Waals surface area contributed by atoms with E-state index >= 15 is 0 Å². The van der Waals surface area contributed by atoms with Gasteiger partial charge in [0.2, 0.25) is 0 Å². The van der Waals surface area contributed by atoms with Gasteiger partial charge in [-0.3, -0.25) is 0 Å². The normalized spacial score (nSPS) is 15.7. The second kappa shape index (κ2) is 5.34. The molecule has 0 fully saturated rings. The fourth-order valence-corrected chi connectivity index (χ4v) is 1.81. The van der Waals surface area contributed by atoms with Gasteiger partial charge in [-0.05, 0) is 29.2 Å². The molecule has 0 bridgehead atoms. The lowest BCUT2D eigenvalue weighted by molar-refractivity contribution is -0.0436. The van der Waals surface area contributed by atoms with Gasteiger partial charge in [0, 0.05) is 11.4 Å². The fourth-order valence-electron chi connectivity index (χ4n) is 1.61. The van der Waals surface area contributed by atoms with E-state index in [2.05, 4.69) is 0 Å². The topological polar surface area (TPSA) is 40.5 Å². The molecule has 0 heterocycles. The van der Waals surface area contributed by atoms with Crippen LogP contribution in [-0.2, 0) is 6.42 Å². The van der Waals surface area contributed by atoms with E-state index in [4.69, 9.17) is 11.6 Å². The third-order valence-corrected chi connectivity index (χ3v) is 2.92. The van der Waals surface area contributed by atoms with E-state index in [1.165, 1.54) is 18.2 Å². The third kappa shape index (κ3) is 3.95. The molecular formula is C13H18ClFO2. The number of hydrogen-bond acceptors (Lipinski definition) is 2. The number of rotatable bonds is 3. The predicted octanol–water partition coefficient (Wildman–Crippen LogP) is 2.79. The summed E-state index contributed by atoms with van der Waals surface area (Å²) in [5.41, 5.74) is -0.137. The fraction of sp³-hybridized carbons (Fsp3) is 0.538. The summed E-state index contributed by atoms with van der Waals surface area (Å²) in [6, 6.07) is 4.18. The van der Waals surface area contributed by atoms with Gasteiger partial charge in [0.05, 0.1) is 12.2 Å². The summed E-state index contributed by atoms with van der Waals surface area (Å²) in [4.78, 5) is 0. The van der Waals surface area contributed by atoms with Crippen molar-refractivity contribution in [3.63, 3.8) is 0 Å². The molecule has 2 atom stereocenters. The summed E-state index contributed by atoms with van der Waals surface area (Å²) in [5, 5.41) is 20.1. The van der Waals surface area contributed by atoms with Gasteiger partial charge in [-0.2, -0.15) is 0 Å². The summed E-state index contributed by atoms with van der Waals surface area (Å²) in [6.45, 7) is 5.44. The van der Waals surface area contributed by atoms with Crippen molar-refractivity contribution in [2.24, 2.45) is 5.41 Å². The molecule has 0 aromatic heterocycles. The van der Waals surface area contributed by atoms with Gasteiger partial charge in [0.15, 0.2) is 0 Å². The molecule has 0 aliphatic carbocycles. The van der Waals surface area contributed by atoms with Crippen molar-refractivity contribution < 1.29 is 14.6 Å². The highest BCUT2D eigenvalue weighted by Crippen LogP contribution is 2.25. The van der Waals surface area contributed by atoms with Crippen molar-refractivity contribution in [2.45, 2.75) is 39.4 Å². The Bertz CT molecular complexity index is 387. The van der Waals surface area contributed by atoms with E-state index < -0.39 is 23.4 Å². The Morgan fingerprint density at radius 1 is 1.29 bits per heavy atom. The molecule has 1 aromatic rings. The van der Waals surface area contributed by atoms with E-state index in [1.807, 2.05) is 20.8 Å². The van der Waals surface area contributed by atoms with E-state index in [0.717, 1.165) is 0 Å². The maximum Gasteiger partial charge on any atom is 0.126 e. The monoisotopic (exact) mass is 260 g/mol. The Kier molecular flexibility index (Phi) is 4.53. The van der Waals surface area contributed by atoms with Crippen LogP contribution >= 0.6 is 11.6 Å². The van der Waals surface area contributed by atoms with Gasteiger partial charge in [-0.15, -0.1) is 0 Å². The Morgan fingerprint density at radius 3 is 2.41 bits per heavy atom. The zero-order valence-corrected chi connectivity index (χ0v) is 11.0. The van der Waals surface area contributed by atoms with Crippen LogP contribution in [0.5, 0.6) is 0 Å². The first-order valence-corrected chi connectivity index (χ1v) is 5.89. The molecular weight excluding hydrogens is 243 g/mol. The first-order valence-electron chi connectivity index (χ1n) is 5.52. The molecule has 1 aromatic carbocycles. The molecule has 2 N–H and O–H groups in total. The Balaban J connectivity index is 2.81. The lowest BCUT2D eigenvalue weighted by Crippen LogP contribution is -2.39. The van der Waals surface area contributed by atoms with Crippen LogP contribution in [0.15, 0.2) is 18.2 Å². The van der Waals surface area contributed by atoms with E-state index in [1.54, 1.807) is 0 Å². The van der Waals surface area contributed by atoms with Gasteiger partial charge in [0.1, 0.15) is 5.82 Å². The molecule has 0 saturated carbocycles. The highest BCUT2D eigenvalue weighted by atomic mass is 35.5. The molecule has 0 saturated heterocycles. The second-order valence-corrected chi connectivity index (χ2v) is 5.75. The molecule has 0 aliphatic rings. The zero-order valence-electron chi connectivity index (χ0n) is 10.2. The van der Waals surface area contributed by atoms with Gasteiger partial charge in [0.25, 0.3) is 0 Å². The first-order chi connectivity index (χ1) is 7.71. The highest BCUT2D eigenvalue weighted by Gasteiger charge is 2.29. The van der Waals surface area contributed by atoms with E-state index in [9.17, 15) is 14.6 Å². The second-order valence-electron chi connectivity index (χ2n) is 5.32. The first kappa shape index (κ1) is 14.4. The molecule has 2 nitrogen and oxygen atoms in total. The summed E-state index contributed by atoms with van der Waals surface area (Å²) < 4.78 is 13.4. The minimum Gasteiger partial charge on any atom is -0.390 e. The maximum atomic E-state index is 13.4. The van der Waals surface area contributed by atoms with Gasteiger partial charge < -0.3 is 10.2 Å². The Morgan fingerprint density at radius 2 is 1.88 bits per heavy atom. The summed E-state index contributed by atoms with van der Waals surface area (Å²) in [7, 11) is 0. The van der Waals surface area contributed by atoms with Crippen molar-refractivity contribution in [3.8, 4) is 0 Å². The van der Waals surface area contributed by atoms with Gasteiger partial charge in [-0.1, -0.05) is 32.4 Å². The average Bonchev–Trinajstić information content (AvgIpc) is 2.21. The zero-order chi connectivity index (χ0) is 13.2. The quantitative estimate of drug-likeness (QED) is 0.877. The molecule has 0 aliphatic heterocycles. The minimum atomic E-state index is -1.01. The van der Waals surface area contributed by atoms with Crippen LogP contribution in [0.2, 0.25) is 5.02 Å². The number of benzene rings is 1. The maximum absolute atomic E-state index is 13.4. The summed E-state index contributed by atoms with van der Waals surface area (Å²) in [5.74, 6) is -0.422. The molecule has 96 valence electrons. The summed E-state index contributed by atoms with van der Waals surface area (Å²) >= 11 is 5.76. The number of halogens is 2. The van der Waals surface area contributed by atoms with Crippen LogP contribution in [0.4, 0.5) is 4.39 Å². The summed E-state index contributed by atoms with van der Waals surface area (Å²) in [6.07, 6.45) is -1.88. The van der Waals surface area contributed by atoms with Crippen molar-refractivity contribution >= 4 is 11.6 Å². The van der Waals surface area contributed by atoms with E-state index in [-0.39, 0.29) is 6.42 Å². The Labute approximate surface area is 106 Å². The third-order valence-electron chi connectivity index (χ3n) is 2.69. The standard InChI is InChI=1S/C13H18ClFO2/c1-13(2,3)12(17)11(16)7-8-6-9(14)4-5-10(8)15/h4-6,11-12,16-17H,7H2,1-3H3. The smallest absolute Gasteiger partial charge is 0.126 e. The highest BCUT2D eigenvalue weighted by molar-refractivity contribution is 6.30.